The first kappa shape index (κ1) is 22.2. The maximum atomic E-state index is 13.3. The van der Waals surface area contributed by atoms with Crippen LogP contribution in [-0.4, -0.2) is 16.4 Å². The third-order valence-electron chi connectivity index (χ3n) is 5.86. The molecule has 2 amide bonds. The van der Waals surface area contributed by atoms with Crippen molar-refractivity contribution in [2.24, 2.45) is 0 Å². The molecule has 6 nitrogen and oxygen atoms in total. The monoisotopic (exact) mass is 463 g/mol. The molecule has 174 valence electrons. The minimum Gasteiger partial charge on any atom is -0.459 e. The zero-order chi connectivity index (χ0) is 24.2. The van der Waals surface area contributed by atoms with Crippen LogP contribution in [-0.2, 0) is 13.1 Å². The van der Waals surface area contributed by atoms with Crippen molar-refractivity contribution in [2.45, 2.75) is 20.0 Å². The topological polar surface area (TPSA) is 76.3 Å². The Kier molecular flexibility index (Phi) is 6.18. The van der Waals surface area contributed by atoms with E-state index < -0.39 is 0 Å². The number of furan rings is 1. The summed E-state index contributed by atoms with van der Waals surface area (Å²) in [5, 5.41) is 6.75. The highest BCUT2D eigenvalue weighted by molar-refractivity contribution is 6.04. The number of hydrogen-bond acceptors (Lipinski definition) is 3. The molecule has 2 heterocycles. The summed E-state index contributed by atoms with van der Waals surface area (Å²) in [7, 11) is 0. The van der Waals surface area contributed by atoms with Gasteiger partial charge in [-0.05, 0) is 54.4 Å². The molecule has 5 rings (SSSR count). The van der Waals surface area contributed by atoms with Crippen molar-refractivity contribution < 1.29 is 14.0 Å². The van der Waals surface area contributed by atoms with Gasteiger partial charge in [0.25, 0.3) is 11.8 Å². The van der Waals surface area contributed by atoms with Crippen molar-refractivity contribution in [1.29, 1.82) is 0 Å². The number of nitrogens with one attached hydrogen (secondary N) is 2. The Morgan fingerprint density at radius 1 is 0.829 bits per heavy atom. The van der Waals surface area contributed by atoms with Gasteiger partial charge in [0.2, 0.25) is 0 Å². The maximum Gasteiger partial charge on any atom is 0.291 e. The number of nitrogens with zero attached hydrogens (tertiary/aromatic N) is 1. The summed E-state index contributed by atoms with van der Waals surface area (Å²) in [5.41, 5.74) is 5.40. The SMILES string of the molecule is Cc1cccc(Cn2c(C(=O)NCc3ccccc3)cc3cc(NC(=O)c4ccco4)ccc32)c1. The smallest absolute Gasteiger partial charge is 0.291 e. The van der Waals surface area contributed by atoms with Gasteiger partial charge in [-0.2, -0.15) is 0 Å². The van der Waals surface area contributed by atoms with Crippen LogP contribution in [0.15, 0.2) is 102 Å². The molecule has 0 radical (unpaired) electrons. The molecule has 0 saturated carbocycles. The van der Waals surface area contributed by atoms with Crippen molar-refractivity contribution >= 4 is 28.4 Å². The van der Waals surface area contributed by atoms with Crippen molar-refractivity contribution in [3.8, 4) is 0 Å². The van der Waals surface area contributed by atoms with E-state index in [4.69, 9.17) is 4.42 Å². The van der Waals surface area contributed by atoms with Gasteiger partial charge in [-0.1, -0.05) is 60.2 Å². The highest BCUT2D eigenvalue weighted by atomic mass is 16.3. The fourth-order valence-electron chi connectivity index (χ4n) is 4.17. The highest BCUT2D eigenvalue weighted by Gasteiger charge is 2.17. The number of carbonyl (C=O) groups is 2. The van der Waals surface area contributed by atoms with Crippen molar-refractivity contribution in [3.05, 3.63) is 125 Å². The van der Waals surface area contributed by atoms with Gasteiger partial charge in [0.1, 0.15) is 5.69 Å². The van der Waals surface area contributed by atoms with Gasteiger partial charge >= 0.3 is 0 Å². The molecule has 0 bridgehead atoms. The molecule has 0 saturated heterocycles. The number of carbonyl (C=O) groups excluding carboxylic acids is 2. The van der Waals surface area contributed by atoms with Crippen LogP contribution in [0.25, 0.3) is 10.9 Å². The van der Waals surface area contributed by atoms with Crippen LogP contribution in [0.4, 0.5) is 5.69 Å². The molecule has 2 N–H and O–H groups in total. The van der Waals surface area contributed by atoms with Crippen LogP contribution >= 0.6 is 0 Å². The molecule has 35 heavy (non-hydrogen) atoms. The van der Waals surface area contributed by atoms with Crippen LogP contribution < -0.4 is 10.6 Å². The number of amides is 2. The first-order chi connectivity index (χ1) is 17.1. The first-order valence-electron chi connectivity index (χ1n) is 11.4. The molecule has 0 aliphatic rings. The van der Waals surface area contributed by atoms with Crippen LogP contribution in [0.5, 0.6) is 0 Å². The predicted octanol–water partition coefficient (Wildman–Crippen LogP) is 5.77. The molecular formula is C29H25N3O3. The lowest BCUT2D eigenvalue weighted by Crippen LogP contribution is -2.25. The third kappa shape index (κ3) is 5.01. The minimum atomic E-state index is -0.325. The van der Waals surface area contributed by atoms with E-state index in [0.717, 1.165) is 27.6 Å². The van der Waals surface area contributed by atoms with Crippen molar-refractivity contribution in [2.75, 3.05) is 5.32 Å². The second-order valence-electron chi connectivity index (χ2n) is 8.48. The lowest BCUT2D eigenvalue weighted by atomic mass is 10.1. The Hall–Kier alpha value is -4.58. The lowest BCUT2D eigenvalue weighted by molar-refractivity contribution is 0.0941. The largest absolute Gasteiger partial charge is 0.459 e. The second-order valence-corrected chi connectivity index (χ2v) is 8.48. The average Bonchev–Trinajstić information content (AvgIpc) is 3.52. The quantitative estimate of drug-likeness (QED) is 0.322. The van der Waals surface area contributed by atoms with Crippen molar-refractivity contribution in [3.63, 3.8) is 0 Å². The van der Waals surface area contributed by atoms with Crippen LogP contribution in [0.2, 0.25) is 0 Å². The summed E-state index contributed by atoms with van der Waals surface area (Å²) >= 11 is 0. The summed E-state index contributed by atoms with van der Waals surface area (Å²) in [4.78, 5) is 25.7. The zero-order valence-corrected chi connectivity index (χ0v) is 19.3. The predicted molar refractivity (Wildman–Crippen MR) is 136 cm³/mol. The molecule has 6 heteroatoms. The Labute approximate surface area is 203 Å². The highest BCUT2D eigenvalue weighted by Crippen LogP contribution is 2.26. The van der Waals surface area contributed by atoms with E-state index in [1.807, 2.05) is 65.2 Å². The summed E-state index contributed by atoms with van der Waals surface area (Å²) in [6.45, 7) is 3.05. The number of hydrogen-bond donors (Lipinski definition) is 2. The van der Waals surface area contributed by atoms with Gasteiger partial charge in [-0.25, -0.2) is 0 Å². The molecular weight excluding hydrogens is 438 g/mol. The Balaban J connectivity index is 1.47. The summed E-state index contributed by atoms with van der Waals surface area (Å²) in [6, 6.07) is 28.9. The third-order valence-corrected chi connectivity index (χ3v) is 5.86. The van der Waals surface area contributed by atoms with Gasteiger partial charge in [0.05, 0.1) is 6.26 Å². The van der Waals surface area contributed by atoms with E-state index in [1.54, 1.807) is 12.1 Å². The van der Waals surface area contributed by atoms with E-state index >= 15 is 0 Å². The standard InChI is InChI=1S/C29H25N3O3/c1-20-7-5-10-22(15-20)19-32-25-13-12-24(31-29(34)27-11-6-14-35-27)16-23(25)17-26(32)28(33)30-18-21-8-3-2-4-9-21/h2-17H,18-19H2,1H3,(H,30,33)(H,31,34). The summed E-state index contributed by atoms with van der Waals surface area (Å²) in [6.07, 6.45) is 1.46. The Morgan fingerprint density at radius 2 is 1.66 bits per heavy atom. The number of fused-ring (bicyclic) bond motifs is 1. The molecule has 0 aliphatic heterocycles. The number of anilines is 1. The molecule has 5 aromatic rings. The molecule has 3 aromatic carbocycles. The zero-order valence-electron chi connectivity index (χ0n) is 19.3. The van der Waals surface area contributed by atoms with Crippen LogP contribution in [0, 0.1) is 6.92 Å². The maximum absolute atomic E-state index is 13.3. The molecule has 0 spiro atoms. The number of aryl methyl sites for hydroxylation is 1. The van der Waals surface area contributed by atoms with Crippen molar-refractivity contribution in [1.82, 2.24) is 9.88 Å². The van der Waals surface area contributed by atoms with E-state index in [1.165, 1.54) is 6.26 Å². The molecule has 2 aromatic heterocycles. The van der Waals surface area contributed by atoms with Gasteiger partial charge < -0.3 is 19.6 Å². The summed E-state index contributed by atoms with van der Waals surface area (Å²) in [5.74, 6) is -0.239. The van der Waals surface area contributed by atoms with Gasteiger partial charge in [-0.15, -0.1) is 0 Å². The molecule has 0 aliphatic carbocycles. The van der Waals surface area contributed by atoms with E-state index in [0.29, 0.717) is 24.5 Å². The van der Waals surface area contributed by atoms with E-state index in [-0.39, 0.29) is 17.6 Å². The first-order valence-corrected chi connectivity index (χ1v) is 11.4. The normalized spacial score (nSPS) is 10.9. The van der Waals surface area contributed by atoms with Crippen LogP contribution in [0.1, 0.15) is 37.7 Å². The van der Waals surface area contributed by atoms with Gasteiger partial charge in [-0.3, -0.25) is 9.59 Å². The Morgan fingerprint density at radius 3 is 2.43 bits per heavy atom. The second kappa shape index (κ2) is 9.73. The average molecular weight is 464 g/mol. The molecule has 0 unspecified atom stereocenters. The van der Waals surface area contributed by atoms with Crippen LogP contribution in [0.3, 0.4) is 0 Å². The van der Waals surface area contributed by atoms with E-state index in [9.17, 15) is 9.59 Å². The van der Waals surface area contributed by atoms with Gasteiger partial charge in [0.15, 0.2) is 5.76 Å². The fraction of sp³-hybridized carbons (Fsp3) is 0.103. The lowest BCUT2D eigenvalue weighted by Gasteiger charge is -2.12. The number of benzene rings is 3. The number of rotatable bonds is 7. The Bertz CT molecular complexity index is 1480. The number of aromatic nitrogens is 1. The summed E-state index contributed by atoms with van der Waals surface area (Å²) < 4.78 is 7.20. The fourth-order valence-corrected chi connectivity index (χ4v) is 4.17. The van der Waals surface area contributed by atoms with E-state index in [2.05, 4.69) is 35.8 Å². The molecule has 0 fully saturated rings. The van der Waals surface area contributed by atoms with Gasteiger partial charge in [0, 0.05) is 29.7 Å². The minimum absolute atomic E-state index is 0.154. The molecule has 0 atom stereocenters.